The van der Waals surface area contributed by atoms with E-state index in [1.165, 1.54) is 8.69 Å². The van der Waals surface area contributed by atoms with Crippen molar-refractivity contribution < 1.29 is 24.6 Å². The molecule has 0 aliphatic rings. The smallest absolute Gasteiger partial charge is 0.480 e. The van der Waals surface area contributed by atoms with Gasteiger partial charge in [-0.2, -0.15) is 0 Å². The number of rotatable bonds is 11. The van der Waals surface area contributed by atoms with Crippen molar-refractivity contribution in [2.75, 3.05) is 13.1 Å². The second-order valence-corrected chi connectivity index (χ2v) is 8.12. The zero-order valence-electron chi connectivity index (χ0n) is 13.8. The maximum atomic E-state index is 11.4. The zero-order chi connectivity index (χ0) is 18.7. The first-order chi connectivity index (χ1) is 11.9. The van der Waals surface area contributed by atoms with E-state index in [1.807, 2.05) is 0 Å². The molecular weight excluding hydrogens is 519 g/mol. The number of carbonyl (C=O) groups is 3. The van der Waals surface area contributed by atoms with E-state index in [9.17, 15) is 14.4 Å². The van der Waals surface area contributed by atoms with Crippen molar-refractivity contribution in [2.45, 2.75) is 31.8 Å². The minimum absolute atomic E-state index is 0.285. The Morgan fingerprint density at radius 2 is 1.76 bits per heavy atom. The fourth-order valence-corrected chi connectivity index (χ4v) is 2.84. The van der Waals surface area contributed by atoms with E-state index in [0.717, 1.165) is 45.3 Å². The number of hydrogen-bond donors (Lipinski definition) is 5. The summed E-state index contributed by atoms with van der Waals surface area (Å²) in [6, 6.07) is 6.62. The van der Waals surface area contributed by atoms with Crippen LogP contribution >= 0.6 is 0 Å². The van der Waals surface area contributed by atoms with Gasteiger partial charge in [0.2, 0.25) is 0 Å². The van der Waals surface area contributed by atoms with Crippen molar-refractivity contribution in [3.8, 4) is 0 Å². The van der Waals surface area contributed by atoms with Crippen molar-refractivity contribution in [3.63, 3.8) is 0 Å². The van der Waals surface area contributed by atoms with Gasteiger partial charge in [0.05, 0.1) is 0 Å². The first-order valence-corrected chi connectivity index (χ1v) is 10.2. The minimum Gasteiger partial charge on any atom is -0.480 e. The molecule has 0 spiro atoms. The molecule has 1 aromatic rings. The predicted octanol–water partition coefficient (Wildman–Crippen LogP) is -0.423. The number of nitrogens with one attached hydrogen (secondary N) is 3. The molecule has 9 heteroatoms. The number of urea groups is 1. The average molecular weight is 541 g/mol. The molecule has 5 N–H and O–H groups in total. The number of benzene rings is 1. The second kappa shape index (κ2) is 11.8. The van der Waals surface area contributed by atoms with Gasteiger partial charge < -0.3 is 15.5 Å². The number of amides is 2. The van der Waals surface area contributed by atoms with Gasteiger partial charge in [0.1, 0.15) is 6.54 Å². The van der Waals surface area contributed by atoms with Crippen molar-refractivity contribution in [2.24, 2.45) is 0 Å². The van der Waals surface area contributed by atoms with Crippen LogP contribution in [0.5, 0.6) is 0 Å². The number of carbonyl (C=O) groups excluding carboxylic acids is 1. The molecule has 1 atom stereocenters. The minimum atomic E-state index is -1.19. The van der Waals surface area contributed by atoms with Crippen LogP contribution < -0.4 is 19.1 Å². The summed E-state index contributed by atoms with van der Waals surface area (Å²) in [6.07, 6.45) is 1.69. The molecular formula is C16H22N3O5Tl. The van der Waals surface area contributed by atoms with E-state index in [-0.39, 0.29) is 6.42 Å². The molecule has 2 amide bonds. The Hall–Kier alpha value is -1.69. The summed E-state index contributed by atoms with van der Waals surface area (Å²) in [4.78, 5) is 32.9. The van der Waals surface area contributed by atoms with Crippen LogP contribution in [0.2, 0.25) is 0 Å². The van der Waals surface area contributed by atoms with Crippen molar-refractivity contribution in [3.05, 3.63) is 29.8 Å². The Bertz CT molecular complexity index is 580. The van der Waals surface area contributed by atoms with Gasteiger partial charge in [-0.25, -0.2) is 9.59 Å². The van der Waals surface area contributed by atoms with Crippen LogP contribution in [-0.4, -0.2) is 73.1 Å². The molecule has 0 aliphatic heterocycles. The topological polar surface area (TPSA) is 128 Å². The van der Waals surface area contributed by atoms with Crippen LogP contribution in [0, 0.1) is 0 Å². The van der Waals surface area contributed by atoms with Gasteiger partial charge in [0, 0.05) is 0 Å². The summed E-state index contributed by atoms with van der Waals surface area (Å²) in [7, 11) is 0. The van der Waals surface area contributed by atoms with Gasteiger partial charge in [-0.3, -0.25) is 4.79 Å². The first kappa shape index (κ1) is 21.4. The molecule has 0 heterocycles. The molecule has 0 saturated carbocycles. The van der Waals surface area contributed by atoms with Gasteiger partial charge >= 0.3 is 126 Å². The van der Waals surface area contributed by atoms with Gasteiger partial charge in [-0.1, -0.05) is 0 Å². The van der Waals surface area contributed by atoms with Crippen LogP contribution in [0.1, 0.15) is 24.8 Å². The van der Waals surface area contributed by atoms with Crippen LogP contribution in [0.3, 0.4) is 0 Å². The Labute approximate surface area is 162 Å². The van der Waals surface area contributed by atoms with Gasteiger partial charge in [0.15, 0.2) is 0 Å². The summed E-state index contributed by atoms with van der Waals surface area (Å²) in [5.41, 5.74) is 1.21. The van der Waals surface area contributed by atoms with Crippen molar-refractivity contribution >= 4 is 46.9 Å². The molecule has 0 aliphatic carbocycles. The molecule has 1 rings (SSSR count). The normalized spacial score (nSPS) is 11.5. The van der Waals surface area contributed by atoms with Gasteiger partial charge in [-0.15, -0.1) is 0 Å². The van der Waals surface area contributed by atoms with Crippen LogP contribution in [0.25, 0.3) is 0 Å². The monoisotopic (exact) mass is 541 g/mol. The number of carboxylic acids is 2. The summed E-state index contributed by atoms with van der Waals surface area (Å²) < 4.78 is 1.38. The second-order valence-electron chi connectivity index (χ2n) is 5.53. The number of aliphatic carboxylic acids is 2. The molecule has 0 aromatic heterocycles. The van der Waals surface area contributed by atoms with E-state index in [2.05, 4.69) is 40.2 Å². The molecule has 134 valence electrons. The molecule has 0 bridgehead atoms. The van der Waals surface area contributed by atoms with Gasteiger partial charge in [0.25, 0.3) is 0 Å². The Kier molecular flexibility index (Phi) is 10.1. The molecule has 0 saturated heterocycles. The summed E-state index contributed by atoms with van der Waals surface area (Å²) in [6.45, 7) is 0.967. The molecule has 0 fully saturated rings. The molecule has 0 radical (unpaired) electrons. The van der Waals surface area contributed by atoms with Crippen molar-refractivity contribution in [1.29, 1.82) is 0 Å². The van der Waals surface area contributed by atoms with Gasteiger partial charge in [-0.05, 0) is 0 Å². The third kappa shape index (κ3) is 10.0. The average Bonchev–Trinajstić information content (AvgIpc) is 2.56. The molecule has 25 heavy (non-hydrogen) atoms. The Morgan fingerprint density at radius 3 is 2.36 bits per heavy atom. The van der Waals surface area contributed by atoms with E-state index in [4.69, 9.17) is 10.2 Å². The zero-order valence-corrected chi connectivity index (χ0v) is 18.3. The molecule has 1 aromatic carbocycles. The summed E-state index contributed by atoms with van der Waals surface area (Å²) in [5, 5.41) is 25.2. The van der Waals surface area contributed by atoms with E-state index >= 15 is 0 Å². The van der Waals surface area contributed by atoms with E-state index < -0.39 is 30.6 Å². The fourth-order valence-electron chi connectivity index (χ4n) is 2.09. The Balaban J connectivity index is 2.19. The third-order valence-corrected chi connectivity index (χ3v) is 4.91. The van der Waals surface area contributed by atoms with E-state index in [0.29, 0.717) is 6.42 Å². The van der Waals surface area contributed by atoms with Crippen LogP contribution in [0.15, 0.2) is 24.3 Å². The predicted molar refractivity (Wildman–Crippen MR) is 93.0 cm³/mol. The summed E-state index contributed by atoms with van der Waals surface area (Å²) >= 11 is 0.842. The number of hydrogen-bond acceptors (Lipinski definition) is 4. The van der Waals surface area contributed by atoms with Crippen LogP contribution in [0.4, 0.5) is 4.79 Å². The molecule has 1 unspecified atom stereocenters. The van der Waals surface area contributed by atoms with Crippen LogP contribution in [-0.2, 0) is 16.1 Å². The maximum absolute atomic E-state index is 11.4. The molecule has 8 nitrogen and oxygen atoms in total. The third-order valence-electron chi connectivity index (χ3n) is 3.41. The fraction of sp³-hybridized carbons (Fsp3) is 0.438. The Morgan fingerprint density at radius 1 is 1.08 bits per heavy atom. The standard InChI is InChI=1S/C16H22N3O5.Tl/c20-14(21)11-18-16(24)19-13(15(22)23)8-4-5-9-17-10-12-6-2-1-3-7-12;/h2-3,6-7,13,17H,4-5,8-11H2,(H,20,21)(H,22,23)(H2,18,19,24);. The van der Waals surface area contributed by atoms with E-state index in [1.54, 1.807) is 0 Å². The first-order valence-electron chi connectivity index (χ1n) is 7.92. The SMILES string of the molecule is O=C(O)CNC(=O)NC(CCCCNCc1cc[c]([Tl])cc1)C(=O)O. The number of unbranched alkanes of at least 4 members (excludes halogenated alkanes) is 1. The summed E-state index contributed by atoms with van der Waals surface area (Å²) in [5.74, 6) is -2.33. The quantitative estimate of drug-likeness (QED) is 0.192. The van der Waals surface area contributed by atoms with Crippen molar-refractivity contribution in [1.82, 2.24) is 16.0 Å². The number of carboxylic acid groups (broad SMARTS) is 2.